The highest BCUT2D eigenvalue weighted by atomic mass is 32.1. The smallest absolute Gasteiger partial charge is 0.129 e. The van der Waals surface area contributed by atoms with Crippen molar-refractivity contribution in [1.29, 1.82) is 0 Å². The highest BCUT2D eigenvalue weighted by Gasteiger charge is 2.21. The zero-order valence-corrected chi connectivity index (χ0v) is 16.6. The van der Waals surface area contributed by atoms with Gasteiger partial charge < -0.3 is 4.74 Å². The summed E-state index contributed by atoms with van der Waals surface area (Å²) in [5.74, 6) is 1.79. The van der Waals surface area contributed by atoms with Crippen LogP contribution >= 0.6 is 11.3 Å². The first kappa shape index (κ1) is 18.1. The first-order valence-electron chi connectivity index (χ1n) is 9.39. The summed E-state index contributed by atoms with van der Waals surface area (Å²) in [6.07, 6.45) is 4.76. The van der Waals surface area contributed by atoms with E-state index >= 15 is 0 Å². The third-order valence-corrected chi connectivity index (χ3v) is 5.79. The largest absolute Gasteiger partial charge is 0.497 e. The van der Waals surface area contributed by atoms with Gasteiger partial charge in [0.25, 0.3) is 0 Å². The Labute approximate surface area is 164 Å². The van der Waals surface area contributed by atoms with Crippen LogP contribution in [0.2, 0.25) is 0 Å². The van der Waals surface area contributed by atoms with Crippen molar-refractivity contribution in [3.63, 3.8) is 0 Å². The molecule has 0 amide bonds. The molecule has 0 unspecified atom stereocenters. The maximum Gasteiger partial charge on any atom is 0.129 e. The predicted octanol–water partition coefficient (Wildman–Crippen LogP) is 3.77. The number of hydrogen-bond donors (Lipinski definition) is 0. The highest BCUT2D eigenvalue weighted by molar-refractivity contribution is 7.09. The number of thiazole rings is 1. The maximum absolute atomic E-state index is 5.30. The number of aromatic nitrogens is 3. The van der Waals surface area contributed by atoms with Gasteiger partial charge in [0.05, 0.1) is 18.3 Å². The van der Waals surface area contributed by atoms with Crippen LogP contribution in [0.4, 0.5) is 0 Å². The third-order valence-electron chi connectivity index (χ3n) is 5.02. The van der Waals surface area contributed by atoms with Gasteiger partial charge in [-0.15, -0.1) is 11.3 Å². The minimum atomic E-state index is 0.848. The minimum Gasteiger partial charge on any atom is -0.497 e. The lowest BCUT2D eigenvalue weighted by molar-refractivity contribution is 0.281. The van der Waals surface area contributed by atoms with E-state index in [9.17, 15) is 0 Å². The molecule has 0 radical (unpaired) electrons. The SMILES string of the molecule is CCc1nc2c(c(-c3ccc(OC)cc3)n1)CCN(Cc1cncs1)CC2. The number of ether oxygens (including phenoxy) is 1. The molecule has 3 heterocycles. The van der Waals surface area contributed by atoms with E-state index < -0.39 is 0 Å². The van der Waals surface area contributed by atoms with E-state index in [1.807, 2.05) is 23.8 Å². The fourth-order valence-corrected chi connectivity index (χ4v) is 4.18. The van der Waals surface area contributed by atoms with Crippen LogP contribution in [0.1, 0.15) is 28.9 Å². The van der Waals surface area contributed by atoms with Gasteiger partial charge >= 0.3 is 0 Å². The van der Waals surface area contributed by atoms with E-state index in [0.717, 1.165) is 61.7 Å². The van der Waals surface area contributed by atoms with Crippen molar-refractivity contribution in [2.45, 2.75) is 32.7 Å². The molecule has 140 valence electrons. The maximum atomic E-state index is 5.30. The Kier molecular flexibility index (Phi) is 5.45. The summed E-state index contributed by atoms with van der Waals surface area (Å²) in [4.78, 5) is 17.8. The molecule has 1 aromatic carbocycles. The zero-order chi connectivity index (χ0) is 18.6. The Hall–Kier alpha value is -2.31. The molecule has 1 aliphatic heterocycles. The molecule has 0 atom stereocenters. The molecule has 0 saturated carbocycles. The molecule has 0 saturated heterocycles. The summed E-state index contributed by atoms with van der Waals surface area (Å²) in [7, 11) is 1.69. The summed E-state index contributed by atoms with van der Waals surface area (Å²) in [5.41, 5.74) is 6.63. The topological polar surface area (TPSA) is 51.1 Å². The quantitative estimate of drug-likeness (QED) is 0.674. The highest BCUT2D eigenvalue weighted by Crippen LogP contribution is 2.28. The number of aryl methyl sites for hydroxylation is 1. The Morgan fingerprint density at radius 1 is 1.11 bits per heavy atom. The number of benzene rings is 1. The molecule has 1 aliphatic rings. The fourth-order valence-electron chi connectivity index (χ4n) is 3.54. The van der Waals surface area contributed by atoms with Crippen molar-refractivity contribution in [1.82, 2.24) is 19.9 Å². The fraction of sp³-hybridized carbons (Fsp3) is 0.381. The molecular formula is C21H24N4OS. The summed E-state index contributed by atoms with van der Waals surface area (Å²) < 4.78 is 5.30. The second-order valence-electron chi connectivity index (χ2n) is 6.74. The van der Waals surface area contributed by atoms with Gasteiger partial charge in [0.1, 0.15) is 11.6 Å². The molecule has 5 nitrogen and oxygen atoms in total. The summed E-state index contributed by atoms with van der Waals surface area (Å²) in [5, 5.41) is 0. The Morgan fingerprint density at radius 3 is 2.63 bits per heavy atom. The van der Waals surface area contributed by atoms with Gasteiger partial charge in [0.2, 0.25) is 0 Å². The second kappa shape index (κ2) is 8.15. The van der Waals surface area contributed by atoms with Crippen molar-refractivity contribution in [3.8, 4) is 17.0 Å². The molecule has 0 fully saturated rings. The number of rotatable bonds is 5. The third kappa shape index (κ3) is 4.01. The van der Waals surface area contributed by atoms with Crippen LogP contribution in [0.25, 0.3) is 11.3 Å². The lowest BCUT2D eigenvalue weighted by Crippen LogP contribution is -2.25. The average Bonchev–Trinajstić information content (AvgIpc) is 3.14. The molecule has 2 aromatic heterocycles. The van der Waals surface area contributed by atoms with Gasteiger partial charge in [0, 0.05) is 60.4 Å². The molecule has 3 aromatic rings. The van der Waals surface area contributed by atoms with Crippen LogP contribution in [-0.4, -0.2) is 40.1 Å². The van der Waals surface area contributed by atoms with Crippen LogP contribution in [-0.2, 0) is 25.8 Å². The van der Waals surface area contributed by atoms with Gasteiger partial charge in [-0.2, -0.15) is 0 Å². The summed E-state index contributed by atoms with van der Waals surface area (Å²) in [6.45, 7) is 5.12. The Bertz CT molecular complexity index is 893. The van der Waals surface area contributed by atoms with Crippen LogP contribution in [0.3, 0.4) is 0 Å². The lowest BCUT2D eigenvalue weighted by atomic mass is 10.0. The van der Waals surface area contributed by atoms with Crippen LogP contribution < -0.4 is 4.74 Å². The number of nitrogens with zero attached hydrogens (tertiary/aromatic N) is 4. The van der Waals surface area contributed by atoms with Gasteiger partial charge in [-0.25, -0.2) is 9.97 Å². The van der Waals surface area contributed by atoms with E-state index in [-0.39, 0.29) is 0 Å². The predicted molar refractivity (Wildman–Crippen MR) is 108 cm³/mol. The Morgan fingerprint density at radius 2 is 1.93 bits per heavy atom. The first-order chi connectivity index (χ1) is 13.3. The van der Waals surface area contributed by atoms with Gasteiger partial charge in [-0.05, 0) is 30.7 Å². The van der Waals surface area contributed by atoms with Gasteiger partial charge in [-0.3, -0.25) is 9.88 Å². The molecule has 0 bridgehead atoms. The Balaban J connectivity index is 1.64. The van der Waals surface area contributed by atoms with Gasteiger partial charge in [-0.1, -0.05) is 6.92 Å². The molecule has 6 heteroatoms. The summed E-state index contributed by atoms with van der Waals surface area (Å²) in [6, 6.07) is 8.20. The molecule has 4 rings (SSSR count). The van der Waals surface area contributed by atoms with E-state index in [2.05, 4.69) is 28.9 Å². The molecule has 27 heavy (non-hydrogen) atoms. The number of methoxy groups -OCH3 is 1. The first-order valence-corrected chi connectivity index (χ1v) is 10.3. The zero-order valence-electron chi connectivity index (χ0n) is 15.8. The van der Waals surface area contributed by atoms with E-state index in [1.54, 1.807) is 18.4 Å². The van der Waals surface area contributed by atoms with Crippen molar-refractivity contribution >= 4 is 11.3 Å². The summed E-state index contributed by atoms with van der Waals surface area (Å²) >= 11 is 1.72. The van der Waals surface area contributed by atoms with Crippen molar-refractivity contribution in [2.24, 2.45) is 0 Å². The van der Waals surface area contributed by atoms with Crippen molar-refractivity contribution in [2.75, 3.05) is 20.2 Å². The minimum absolute atomic E-state index is 0.848. The molecule has 0 N–H and O–H groups in total. The lowest BCUT2D eigenvalue weighted by Gasteiger charge is -2.18. The molecule has 0 aliphatic carbocycles. The normalized spacial score (nSPS) is 14.6. The number of fused-ring (bicyclic) bond motifs is 1. The van der Waals surface area contributed by atoms with Crippen LogP contribution in [0, 0.1) is 0 Å². The van der Waals surface area contributed by atoms with Crippen molar-refractivity contribution < 1.29 is 4.74 Å². The molecule has 0 spiro atoms. The van der Waals surface area contributed by atoms with E-state index in [1.165, 1.54) is 16.1 Å². The van der Waals surface area contributed by atoms with Crippen molar-refractivity contribution in [3.05, 3.63) is 57.9 Å². The average molecular weight is 381 g/mol. The van der Waals surface area contributed by atoms with Crippen LogP contribution in [0.5, 0.6) is 5.75 Å². The second-order valence-corrected chi connectivity index (χ2v) is 7.71. The standard InChI is InChI=1S/C21H24N4OS/c1-3-20-23-19-9-11-25(13-17-12-22-14-27-17)10-8-18(19)21(24-20)15-4-6-16(26-2)7-5-15/h4-7,12,14H,3,8-11,13H2,1-2H3. The van der Waals surface area contributed by atoms with Crippen LogP contribution in [0.15, 0.2) is 36.0 Å². The monoisotopic (exact) mass is 380 g/mol. The van der Waals surface area contributed by atoms with E-state index in [0.29, 0.717) is 0 Å². The van der Waals surface area contributed by atoms with Gasteiger partial charge in [0.15, 0.2) is 0 Å². The number of hydrogen-bond acceptors (Lipinski definition) is 6. The van der Waals surface area contributed by atoms with E-state index in [4.69, 9.17) is 14.7 Å². The molecular weight excluding hydrogens is 356 g/mol.